The van der Waals surface area contributed by atoms with E-state index in [1.165, 1.54) is 41.7 Å². The second kappa shape index (κ2) is 18.8. The summed E-state index contributed by atoms with van der Waals surface area (Å²) in [7, 11) is -2.70. The van der Waals surface area contributed by atoms with Crippen molar-refractivity contribution in [3.63, 3.8) is 0 Å². The number of piperazine rings is 1. The molecule has 0 unspecified atom stereocenters. The summed E-state index contributed by atoms with van der Waals surface area (Å²) in [4.78, 5) is 32.0. The highest BCUT2D eigenvalue weighted by atomic mass is 32.2. The lowest BCUT2D eigenvalue weighted by atomic mass is 9.59. The van der Waals surface area contributed by atoms with Crippen molar-refractivity contribution >= 4 is 33.0 Å². The highest BCUT2D eigenvalue weighted by molar-refractivity contribution is 7.90. The van der Waals surface area contributed by atoms with E-state index in [9.17, 15) is 28.4 Å². The van der Waals surface area contributed by atoms with Crippen LogP contribution in [0, 0.1) is 21.4 Å². The number of nitrogens with one attached hydrogen (secondary N) is 2. The molecule has 2 heterocycles. The number of sulfonamides is 1. The Morgan fingerprint density at radius 2 is 1.61 bits per heavy atom. The molecule has 1 spiro atoms. The van der Waals surface area contributed by atoms with Gasteiger partial charge in [0.2, 0.25) is 0 Å². The molecule has 2 aliphatic carbocycles. The second-order valence-corrected chi connectivity index (χ2v) is 21.1. The zero-order valence-electron chi connectivity index (χ0n) is 37.7. The van der Waals surface area contributed by atoms with Crippen LogP contribution in [0.5, 0.6) is 5.75 Å². The molecule has 3 N–H and O–H groups in total. The van der Waals surface area contributed by atoms with Gasteiger partial charge in [0.05, 0.1) is 22.5 Å². The molecular formula is C50H64N6O7S. The van der Waals surface area contributed by atoms with Gasteiger partial charge >= 0.3 is 0 Å². The van der Waals surface area contributed by atoms with Gasteiger partial charge in [-0.05, 0) is 141 Å². The Kier molecular flexibility index (Phi) is 13.4. The lowest BCUT2D eigenvalue weighted by Gasteiger charge is -2.58. The Morgan fingerprint density at radius 1 is 0.922 bits per heavy atom. The molecule has 64 heavy (non-hydrogen) atoms. The Bertz CT molecular complexity index is 2380. The number of nitro groups is 1. The van der Waals surface area contributed by atoms with Gasteiger partial charge in [-0.15, -0.1) is 0 Å². The first-order chi connectivity index (χ1) is 30.6. The zero-order valence-corrected chi connectivity index (χ0v) is 38.5. The van der Waals surface area contributed by atoms with E-state index in [4.69, 9.17) is 4.74 Å². The standard InChI is InChI=1S/C50H64N6O7S/c1-35(2)43-7-5-6-8-44(43)47-34-53(33-37-9-15-41(63-4)16-10-37)27-28-55(47)40-30-50(31-40)23-25-54(26-24-50)39-13-11-38(12-14-39)48(57)52-64(61,62)42-17-18-45(46(29-42)56(59)60)51-32-36-19-21-49(3,58)22-20-36/h5-18,29,35-36,40,47,51,58H,19-28,30-34H2,1-4H3,(H,52,57)/t36?,47-,49?/m1/s1. The quantitative estimate of drug-likeness (QED) is 0.0824. The van der Waals surface area contributed by atoms with Crippen molar-refractivity contribution in [3.05, 3.63) is 123 Å². The number of anilines is 2. The molecule has 2 aliphatic heterocycles. The van der Waals surface area contributed by atoms with Crippen LogP contribution in [-0.2, 0) is 16.6 Å². The Balaban J connectivity index is 0.854. The van der Waals surface area contributed by atoms with Gasteiger partial charge in [0, 0.05) is 75.2 Å². The molecule has 2 saturated carbocycles. The highest BCUT2D eigenvalue weighted by Crippen LogP contribution is 2.53. The molecule has 4 fully saturated rings. The number of aliphatic hydroxyl groups is 1. The van der Waals surface area contributed by atoms with Crippen LogP contribution in [0.2, 0.25) is 0 Å². The molecule has 0 bridgehead atoms. The Morgan fingerprint density at radius 3 is 2.27 bits per heavy atom. The van der Waals surface area contributed by atoms with E-state index >= 15 is 0 Å². The molecule has 342 valence electrons. The molecule has 1 atom stereocenters. The SMILES string of the molecule is COc1ccc(CN2CCN(C3CC4(CCN(c5ccc(C(=O)NS(=O)(=O)c6ccc(NCC7CCC(C)(O)CC7)c([N+](=O)[O-])c6)cc5)CC4)C3)[C@@H](c3ccccc3C(C)C)C2)cc1. The summed E-state index contributed by atoms with van der Waals surface area (Å²) in [6.45, 7) is 12.7. The summed E-state index contributed by atoms with van der Waals surface area (Å²) in [5.74, 6) is 0.751. The smallest absolute Gasteiger partial charge is 0.293 e. The number of carbonyl (C=O) groups excluding carboxylic acids is 1. The fourth-order valence-electron chi connectivity index (χ4n) is 10.7. The first-order valence-electron chi connectivity index (χ1n) is 23.0. The Labute approximate surface area is 378 Å². The number of ether oxygens (including phenoxy) is 1. The van der Waals surface area contributed by atoms with Gasteiger partial charge in [0.15, 0.2) is 0 Å². The van der Waals surface area contributed by atoms with Gasteiger partial charge in [-0.1, -0.05) is 50.2 Å². The minimum Gasteiger partial charge on any atom is -0.497 e. The van der Waals surface area contributed by atoms with E-state index < -0.39 is 26.5 Å². The molecule has 4 aromatic rings. The minimum atomic E-state index is -4.40. The predicted octanol–water partition coefficient (Wildman–Crippen LogP) is 8.51. The number of amides is 1. The predicted molar refractivity (Wildman–Crippen MR) is 250 cm³/mol. The molecule has 0 aromatic heterocycles. The van der Waals surface area contributed by atoms with E-state index in [0.717, 1.165) is 82.5 Å². The molecule has 14 heteroatoms. The summed E-state index contributed by atoms with van der Waals surface area (Å²) in [5.41, 5.74) is 4.80. The highest BCUT2D eigenvalue weighted by Gasteiger charge is 2.50. The lowest BCUT2D eigenvalue weighted by molar-refractivity contribution is -0.384. The molecule has 2 saturated heterocycles. The maximum absolute atomic E-state index is 13.3. The third-order valence-corrected chi connectivity index (χ3v) is 16.0. The zero-order chi connectivity index (χ0) is 45.2. The summed E-state index contributed by atoms with van der Waals surface area (Å²) < 4.78 is 34.1. The summed E-state index contributed by atoms with van der Waals surface area (Å²) in [6, 6.07) is 29.0. The minimum absolute atomic E-state index is 0.180. The largest absolute Gasteiger partial charge is 0.497 e. The fraction of sp³-hybridized carbons (Fsp3) is 0.500. The number of rotatable bonds is 14. The lowest BCUT2D eigenvalue weighted by Crippen LogP contribution is -2.60. The summed E-state index contributed by atoms with van der Waals surface area (Å²) in [6.07, 6.45) is 7.47. The van der Waals surface area contributed by atoms with Gasteiger partial charge in [-0.3, -0.25) is 24.7 Å². The van der Waals surface area contributed by atoms with Crippen molar-refractivity contribution in [2.24, 2.45) is 11.3 Å². The van der Waals surface area contributed by atoms with Crippen LogP contribution in [0.1, 0.15) is 111 Å². The van der Waals surface area contributed by atoms with Crippen LogP contribution in [0.15, 0.2) is 95.9 Å². The number of hydrogen-bond acceptors (Lipinski definition) is 11. The molecule has 4 aromatic carbocycles. The summed E-state index contributed by atoms with van der Waals surface area (Å²) in [5, 5.41) is 25.3. The molecule has 4 aliphatic rings. The van der Waals surface area contributed by atoms with E-state index in [0.29, 0.717) is 42.8 Å². The molecule has 0 radical (unpaired) electrons. The van der Waals surface area contributed by atoms with Crippen molar-refractivity contribution in [2.75, 3.05) is 56.6 Å². The van der Waals surface area contributed by atoms with E-state index in [2.05, 4.69) is 75.0 Å². The average Bonchev–Trinajstić information content (AvgIpc) is 3.28. The third-order valence-electron chi connectivity index (χ3n) is 14.6. The second-order valence-electron chi connectivity index (χ2n) is 19.4. The van der Waals surface area contributed by atoms with Gasteiger partial charge in [-0.25, -0.2) is 13.1 Å². The van der Waals surface area contributed by atoms with Crippen LogP contribution in [0.4, 0.5) is 17.1 Å². The number of benzene rings is 4. The number of piperidine rings is 1. The van der Waals surface area contributed by atoms with Crippen molar-refractivity contribution < 1.29 is 28.0 Å². The van der Waals surface area contributed by atoms with Crippen LogP contribution >= 0.6 is 0 Å². The van der Waals surface area contributed by atoms with Crippen LogP contribution in [0.3, 0.4) is 0 Å². The van der Waals surface area contributed by atoms with Crippen molar-refractivity contribution in [1.29, 1.82) is 0 Å². The normalized spacial score (nSPS) is 23.1. The first kappa shape index (κ1) is 45.5. The van der Waals surface area contributed by atoms with E-state index in [1.807, 2.05) is 31.2 Å². The number of nitrogens with zero attached hydrogens (tertiary/aromatic N) is 4. The van der Waals surface area contributed by atoms with Gasteiger partial charge in [0.25, 0.3) is 21.6 Å². The monoisotopic (exact) mass is 892 g/mol. The first-order valence-corrected chi connectivity index (χ1v) is 24.5. The maximum atomic E-state index is 13.3. The fourth-order valence-corrected chi connectivity index (χ4v) is 11.7. The molecule has 13 nitrogen and oxygen atoms in total. The number of carbonyl (C=O) groups is 1. The van der Waals surface area contributed by atoms with E-state index in [1.54, 1.807) is 19.2 Å². The Hall–Kier alpha value is -5.02. The number of methoxy groups -OCH3 is 1. The van der Waals surface area contributed by atoms with Crippen molar-refractivity contribution in [1.82, 2.24) is 14.5 Å². The van der Waals surface area contributed by atoms with Crippen LogP contribution < -0.4 is 19.7 Å². The third kappa shape index (κ3) is 10.3. The van der Waals surface area contributed by atoms with Gasteiger partial charge in [-0.2, -0.15) is 0 Å². The molecule has 8 rings (SSSR count). The average molecular weight is 893 g/mol. The maximum Gasteiger partial charge on any atom is 0.293 e. The van der Waals surface area contributed by atoms with Crippen molar-refractivity contribution in [2.45, 2.75) is 107 Å². The number of hydrogen-bond donors (Lipinski definition) is 3. The van der Waals surface area contributed by atoms with Crippen LogP contribution in [-0.4, -0.2) is 92.2 Å². The van der Waals surface area contributed by atoms with Gasteiger partial charge in [0.1, 0.15) is 11.4 Å². The van der Waals surface area contributed by atoms with E-state index in [-0.39, 0.29) is 27.8 Å². The molecule has 1 amide bonds. The van der Waals surface area contributed by atoms with Crippen LogP contribution in [0.25, 0.3) is 0 Å². The van der Waals surface area contributed by atoms with Gasteiger partial charge < -0.3 is 20.1 Å². The number of nitro benzene ring substituents is 1. The topological polar surface area (TPSA) is 158 Å². The van der Waals surface area contributed by atoms with Crippen molar-refractivity contribution in [3.8, 4) is 5.75 Å². The summed E-state index contributed by atoms with van der Waals surface area (Å²) >= 11 is 0. The molecular weight excluding hydrogens is 829 g/mol.